The maximum absolute atomic E-state index is 3.78. The van der Waals surface area contributed by atoms with Crippen LogP contribution in [0.4, 0.5) is 0 Å². The lowest BCUT2D eigenvalue weighted by Gasteiger charge is -1.87. The van der Waals surface area contributed by atoms with E-state index in [9.17, 15) is 0 Å². The van der Waals surface area contributed by atoms with E-state index in [-0.39, 0.29) is 0 Å². The van der Waals surface area contributed by atoms with E-state index in [2.05, 4.69) is 25.7 Å². The molecule has 3 heteroatoms. The number of hydrogen-bond donors (Lipinski definition) is 1. The Kier molecular flexibility index (Phi) is 2.96. The van der Waals surface area contributed by atoms with Gasteiger partial charge in [0.1, 0.15) is 0 Å². The third-order valence-corrected chi connectivity index (χ3v) is 1.27. The molecule has 10 heavy (non-hydrogen) atoms. The fraction of sp³-hybridized carbons (Fsp3) is 0. The van der Waals surface area contributed by atoms with E-state index in [0.717, 1.165) is 5.56 Å². The van der Waals surface area contributed by atoms with Crippen molar-refractivity contribution >= 4 is 22.4 Å². The highest BCUT2D eigenvalue weighted by atomic mass is 79.9. The Morgan fingerprint density at radius 2 is 2.00 bits per heavy atom. The van der Waals surface area contributed by atoms with Crippen molar-refractivity contribution in [2.75, 3.05) is 0 Å². The molecule has 0 heterocycles. The SMILES string of the molecule is BrNN=Cc1ccccc1. The van der Waals surface area contributed by atoms with Gasteiger partial charge in [-0.05, 0) is 5.56 Å². The summed E-state index contributed by atoms with van der Waals surface area (Å²) in [4.78, 5) is 0. The number of nitrogens with one attached hydrogen (secondary N) is 1. The largest absolute Gasteiger partial charge is 0.244 e. The molecule has 0 radical (unpaired) electrons. The summed E-state index contributed by atoms with van der Waals surface area (Å²) < 4.78 is 2.50. The zero-order chi connectivity index (χ0) is 7.23. The Balaban J connectivity index is 2.67. The van der Waals surface area contributed by atoms with Crippen LogP contribution in [-0.4, -0.2) is 6.21 Å². The number of hydrogen-bond acceptors (Lipinski definition) is 2. The highest BCUT2D eigenvalue weighted by molar-refractivity contribution is 9.08. The minimum absolute atomic E-state index is 1.08. The number of rotatable bonds is 2. The highest BCUT2D eigenvalue weighted by Crippen LogP contribution is 1.92. The van der Waals surface area contributed by atoms with Gasteiger partial charge in [-0.1, -0.05) is 30.3 Å². The summed E-state index contributed by atoms with van der Waals surface area (Å²) >= 11 is 2.96. The molecule has 0 amide bonds. The Bertz CT molecular complexity index is 208. The zero-order valence-corrected chi connectivity index (χ0v) is 6.88. The van der Waals surface area contributed by atoms with E-state index in [4.69, 9.17) is 0 Å². The van der Waals surface area contributed by atoms with E-state index in [1.807, 2.05) is 30.3 Å². The van der Waals surface area contributed by atoms with Crippen LogP contribution in [0.3, 0.4) is 0 Å². The first-order valence-corrected chi connectivity index (χ1v) is 3.66. The average Bonchev–Trinajstić information content (AvgIpc) is 2.03. The Labute approximate surface area is 68.3 Å². The minimum Gasteiger partial charge on any atom is -0.244 e. The van der Waals surface area contributed by atoms with Gasteiger partial charge in [0.15, 0.2) is 0 Å². The molecular weight excluding hydrogens is 192 g/mol. The van der Waals surface area contributed by atoms with Gasteiger partial charge in [0.25, 0.3) is 0 Å². The van der Waals surface area contributed by atoms with Crippen molar-refractivity contribution < 1.29 is 0 Å². The molecule has 2 nitrogen and oxygen atoms in total. The predicted octanol–water partition coefficient (Wildman–Crippen LogP) is 1.92. The second kappa shape index (κ2) is 4.06. The van der Waals surface area contributed by atoms with Crippen molar-refractivity contribution in [3.63, 3.8) is 0 Å². The van der Waals surface area contributed by atoms with Crippen molar-refractivity contribution in [1.82, 2.24) is 4.45 Å². The van der Waals surface area contributed by atoms with E-state index >= 15 is 0 Å². The fourth-order valence-electron chi connectivity index (χ4n) is 0.638. The van der Waals surface area contributed by atoms with Crippen LogP contribution in [0.15, 0.2) is 35.4 Å². The molecule has 0 aliphatic heterocycles. The molecule has 1 rings (SSSR count). The first kappa shape index (κ1) is 7.28. The van der Waals surface area contributed by atoms with Gasteiger partial charge >= 0.3 is 0 Å². The third kappa shape index (κ3) is 2.19. The van der Waals surface area contributed by atoms with Gasteiger partial charge in [0.05, 0.1) is 22.4 Å². The number of hydrazone groups is 1. The van der Waals surface area contributed by atoms with Gasteiger partial charge in [-0.3, -0.25) is 0 Å². The summed E-state index contributed by atoms with van der Waals surface area (Å²) in [7, 11) is 0. The zero-order valence-electron chi connectivity index (χ0n) is 5.29. The summed E-state index contributed by atoms with van der Waals surface area (Å²) in [6, 6.07) is 9.87. The summed E-state index contributed by atoms with van der Waals surface area (Å²) in [6.45, 7) is 0. The minimum atomic E-state index is 1.08. The van der Waals surface area contributed by atoms with Gasteiger partial charge < -0.3 is 0 Å². The summed E-state index contributed by atoms with van der Waals surface area (Å²) in [6.07, 6.45) is 1.73. The smallest absolute Gasteiger partial charge is 0.0656 e. The van der Waals surface area contributed by atoms with Crippen LogP contribution in [0.2, 0.25) is 0 Å². The van der Waals surface area contributed by atoms with Crippen LogP contribution < -0.4 is 4.45 Å². The van der Waals surface area contributed by atoms with E-state index in [0.29, 0.717) is 0 Å². The fourth-order valence-corrected chi connectivity index (χ4v) is 0.740. The molecule has 52 valence electrons. The summed E-state index contributed by atoms with van der Waals surface area (Å²) in [5.41, 5.74) is 1.08. The molecular formula is C7H7BrN2. The van der Waals surface area contributed by atoms with Crippen LogP contribution >= 0.6 is 16.1 Å². The molecule has 0 fully saturated rings. The maximum Gasteiger partial charge on any atom is 0.0656 e. The second-order valence-corrected chi connectivity index (χ2v) is 2.11. The van der Waals surface area contributed by atoms with Crippen LogP contribution in [-0.2, 0) is 0 Å². The van der Waals surface area contributed by atoms with Crippen LogP contribution in [0.1, 0.15) is 5.56 Å². The Morgan fingerprint density at radius 1 is 1.30 bits per heavy atom. The van der Waals surface area contributed by atoms with Crippen LogP contribution in [0.25, 0.3) is 0 Å². The molecule has 0 aliphatic rings. The third-order valence-electron chi connectivity index (χ3n) is 1.06. The first-order valence-electron chi connectivity index (χ1n) is 2.87. The molecule has 0 saturated heterocycles. The second-order valence-electron chi connectivity index (χ2n) is 1.75. The van der Waals surface area contributed by atoms with Gasteiger partial charge in [-0.15, -0.1) is 0 Å². The topological polar surface area (TPSA) is 24.4 Å². The van der Waals surface area contributed by atoms with Gasteiger partial charge in [-0.25, -0.2) is 4.45 Å². The lowest BCUT2D eigenvalue weighted by Crippen LogP contribution is -1.85. The summed E-state index contributed by atoms with van der Waals surface area (Å²) in [5.74, 6) is 0. The van der Waals surface area contributed by atoms with Crippen molar-refractivity contribution in [3.8, 4) is 0 Å². The Morgan fingerprint density at radius 3 is 2.60 bits per heavy atom. The molecule has 0 spiro atoms. The maximum atomic E-state index is 3.78. The molecule has 0 atom stereocenters. The molecule has 0 saturated carbocycles. The quantitative estimate of drug-likeness (QED) is 0.439. The standard InChI is InChI=1S/C7H7BrN2/c8-10-9-6-7-4-2-1-3-5-7/h1-6,10H. The lowest BCUT2D eigenvalue weighted by molar-refractivity contribution is 1.15. The molecule has 0 aliphatic carbocycles. The Hall–Kier alpha value is -0.830. The van der Waals surface area contributed by atoms with Crippen LogP contribution in [0, 0.1) is 0 Å². The highest BCUT2D eigenvalue weighted by Gasteiger charge is 1.80. The number of benzene rings is 1. The molecule has 1 N–H and O–H groups in total. The number of halogens is 1. The molecule has 0 aromatic heterocycles. The monoisotopic (exact) mass is 198 g/mol. The lowest BCUT2D eigenvalue weighted by atomic mass is 10.2. The van der Waals surface area contributed by atoms with Gasteiger partial charge in [0.2, 0.25) is 0 Å². The van der Waals surface area contributed by atoms with Gasteiger partial charge in [-0.2, -0.15) is 5.10 Å². The molecule has 1 aromatic carbocycles. The molecule has 0 unspecified atom stereocenters. The predicted molar refractivity (Wildman–Crippen MR) is 46.1 cm³/mol. The van der Waals surface area contributed by atoms with E-state index in [1.165, 1.54) is 0 Å². The van der Waals surface area contributed by atoms with Crippen molar-refractivity contribution in [2.24, 2.45) is 5.10 Å². The van der Waals surface area contributed by atoms with Crippen molar-refractivity contribution in [1.29, 1.82) is 0 Å². The number of nitrogens with zero attached hydrogens (tertiary/aromatic N) is 1. The van der Waals surface area contributed by atoms with E-state index in [1.54, 1.807) is 6.21 Å². The average molecular weight is 199 g/mol. The molecule has 1 aromatic rings. The van der Waals surface area contributed by atoms with Crippen molar-refractivity contribution in [3.05, 3.63) is 35.9 Å². The summed E-state index contributed by atoms with van der Waals surface area (Å²) in [5, 5.41) is 3.78. The first-order chi connectivity index (χ1) is 4.93. The normalized spacial score (nSPS) is 10.1. The van der Waals surface area contributed by atoms with E-state index < -0.39 is 0 Å². The molecule has 0 bridgehead atoms. The van der Waals surface area contributed by atoms with Gasteiger partial charge in [0, 0.05) is 0 Å². The van der Waals surface area contributed by atoms with Crippen LogP contribution in [0.5, 0.6) is 0 Å². The van der Waals surface area contributed by atoms with Crippen molar-refractivity contribution in [2.45, 2.75) is 0 Å².